The Kier molecular flexibility index (Phi) is 4.78. The van der Waals surface area contributed by atoms with Crippen LogP contribution in [0.4, 0.5) is 0 Å². The Morgan fingerprint density at radius 2 is 1.92 bits per heavy atom. The van der Waals surface area contributed by atoms with Gasteiger partial charge in [0.25, 0.3) is 5.91 Å². The van der Waals surface area contributed by atoms with Gasteiger partial charge in [-0.3, -0.25) is 9.59 Å². The average Bonchev–Trinajstić information content (AvgIpc) is 2.57. The Balaban J connectivity index is 2.00. The first kappa shape index (κ1) is 16.8. The zero-order valence-corrected chi connectivity index (χ0v) is 14.6. The first-order valence-corrected chi connectivity index (χ1v) is 8.34. The van der Waals surface area contributed by atoms with Crippen LogP contribution in [0.3, 0.4) is 0 Å². The molecule has 1 saturated heterocycles. The number of benzene rings is 2. The molecule has 1 atom stereocenters. The molecule has 0 aliphatic carbocycles. The second-order valence-corrected chi connectivity index (χ2v) is 6.49. The first-order valence-electron chi connectivity index (χ1n) is 7.58. The van der Waals surface area contributed by atoms with Gasteiger partial charge in [0.2, 0.25) is 5.91 Å². The quantitative estimate of drug-likeness (QED) is 0.886. The molecule has 24 heavy (non-hydrogen) atoms. The Bertz CT molecular complexity index is 807. The van der Waals surface area contributed by atoms with Crippen molar-refractivity contribution in [2.45, 2.75) is 13.0 Å². The normalized spacial score (nSPS) is 17.5. The van der Waals surface area contributed by atoms with Crippen molar-refractivity contribution >= 4 is 35.0 Å². The van der Waals surface area contributed by atoms with Crippen molar-refractivity contribution in [1.29, 1.82) is 0 Å². The number of nitrogens with one attached hydrogen (secondary N) is 1. The molecule has 1 unspecified atom stereocenters. The molecule has 4 nitrogen and oxygen atoms in total. The Hall–Kier alpha value is -2.04. The number of aryl methyl sites for hydroxylation is 1. The predicted molar refractivity (Wildman–Crippen MR) is 94.4 cm³/mol. The Morgan fingerprint density at radius 1 is 1.17 bits per heavy atom. The van der Waals surface area contributed by atoms with E-state index in [1.807, 2.05) is 31.2 Å². The van der Waals surface area contributed by atoms with Gasteiger partial charge in [0.05, 0.1) is 10.0 Å². The first-order chi connectivity index (χ1) is 11.5. The lowest BCUT2D eigenvalue weighted by atomic mass is 9.97. The third-order valence-electron chi connectivity index (χ3n) is 4.12. The van der Waals surface area contributed by atoms with E-state index in [9.17, 15) is 9.59 Å². The third kappa shape index (κ3) is 3.12. The van der Waals surface area contributed by atoms with Gasteiger partial charge in [-0.05, 0) is 36.2 Å². The fourth-order valence-corrected chi connectivity index (χ4v) is 3.18. The molecule has 2 amide bonds. The van der Waals surface area contributed by atoms with Gasteiger partial charge in [0.1, 0.15) is 6.04 Å². The van der Waals surface area contributed by atoms with E-state index in [2.05, 4.69) is 5.32 Å². The third-order valence-corrected chi connectivity index (χ3v) is 4.86. The summed E-state index contributed by atoms with van der Waals surface area (Å²) < 4.78 is 0. The molecule has 1 aliphatic heterocycles. The van der Waals surface area contributed by atoms with Crippen LogP contribution in [0.2, 0.25) is 10.0 Å². The van der Waals surface area contributed by atoms with E-state index in [0.29, 0.717) is 28.7 Å². The monoisotopic (exact) mass is 362 g/mol. The molecule has 0 radical (unpaired) electrons. The minimum absolute atomic E-state index is 0.177. The van der Waals surface area contributed by atoms with Crippen molar-refractivity contribution in [3.63, 3.8) is 0 Å². The maximum absolute atomic E-state index is 12.9. The summed E-state index contributed by atoms with van der Waals surface area (Å²) in [5.41, 5.74) is 2.20. The van der Waals surface area contributed by atoms with Gasteiger partial charge in [-0.15, -0.1) is 0 Å². The van der Waals surface area contributed by atoms with Gasteiger partial charge >= 0.3 is 0 Å². The molecule has 1 heterocycles. The summed E-state index contributed by atoms with van der Waals surface area (Å²) in [5, 5.41) is 3.54. The molecule has 1 N–H and O–H groups in total. The summed E-state index contributed by atoms with van der Waals surface area (Å²) in [5.74, 6) is -0.416. The molecular weight excluding hydrogens is 347 g/mol. The molecule has 6 heteroatoms. The molecule has 2 aromatic carbocycles. The van der Waals surface area contributed by atoms with Crippen LogP contribution in [0.25, 0.3) is 0 Å². The topological polar surface area (TPSA) is 49.4 Å². The lowest BCUT2D eigenvalue weighted by Gasteiger charge is -2.36. The molecule has 124 valence electrons. The van der Waals surface area contributed by atoms with Crippen molar-refractivity contribution in [3.05, 3.63) is 69.2 Å². The van der Waals surface area contributed by atoms with Crippen molar-refractivity contribution in [2.24, 2.45) is 0 Å². The molecule has 1 fully saturated rings. The van der Waals surface area contributed by atoms with E-state index in [1.165, 1.54) is 6.07 Å². The maximum Gasteiger partial charge on any atom is 0.254 e. The van der Waals surface area contributed by atoms with Crippen molar-refractivity contribution in [3.8, 4) is 0 Å². The van der Waals surface area contributed by atoms with Crippen LogP contribution in [0.1, 0.15) is 27.5 Å². The lowest BCUT2D eigenvalue weighted by molar-refractivity contribution is -0.128. The number of hydrogen-bond donors (Lipinski definition) is 1. The van der Waals surface area contributed by atoms with E-state index in [4.69, 9.17) is 23.2 Å². The largest absolute Gasteiger partial charge is 0.352 e. The summed E-state index contributed by atoms with van der Waals surface area (Å²) >= 11 is 11.9. The van der Waals surface area contributed by atoms with Crippen molar-refractivity contribution < 1.29 is 9.59 Å². The zero-order valence-electron chi connectivity index (χ0n) is 13.1. The van der Waals surface area contributed by atoms with Crippen LogP contribution in [-0.4, -0.2) is 29.8 Å². The summed E-state index contributed by atoms with van der Waals surface area (Å²) in [7, 11) is 0. The molecule has 0 spiro atoms. The SMILES string of the molecule is Cc1ccccc1C1C(=O)NCCN1C(=O)c1ccc(Cl)c(Cl)c1. The van der Waals surface area contributed by atoms with E-state index in [0.717, 1.165) is 11.1 Å². The average molecular weight is 363 g/mol. The maximum atomic E-state index is 12.9. The van der Waals surface area contributed by atoms with Gasteiger partial charge in [0, 0.05) is 18.7 Å². The number of piperazine rings is 1. The van der Waals surface area contributed by atoms with Crippen LogP contribution >= 0.6 is 23.2 Å². The number of carbonyl (C=O) groups is 2. The highest BCUT2D eigenvalue weighted by Crippen LogP contribution is 2.29. The number of carbonyl (C=O) groups excluding carboxylic acids is 2. The highest BCUT2D eigenvalue weighted by Gasteiger charge is 2.35. The van der Waals surface area contributed by atoms with Crippen LogP contribution in [-0.2, 0) is 4.79 Å². The Morgan fingerprint density at radius 3 is 2.62 bits per heavy atom. The predicted octanol–water partition coefficient (Wildman–Crippen LogP) is 3.62. The van der Waals surface area contributed by atoms with E-state index >= 15 is 0 Å². The number of hydrogen-bond acceptors (Lipinski definition) is 2. The summed E-state index contributed by atoms with van der Waals surface area (Å²) in [6, 6.07) is 11.7. The van der Waals surface area contributed by atoms with Gasteiger partial charge in [-0.25, -0.2) is 0 Å². The fourth-order valence-electron chi connectivity index (χ4n) is 2.88. The highest BCUT2D eigenvalue weighted by molar-refractivity contribution is 6.42. The summed E-state index contributed by atoms with van der Waals surface area (Å²) in [6.07, 6.45) is 0. The second kappa shape index (κ2) is 6.83. The van der Waals surface area contributed by atoms with Gasteiger partial charge in [-0.1, -0.05) is 47.5 Å². The molecular formula is C18H16Cl2N2O2. The van der Waals surface area contributed by atoms with Crippen LogP contribution in [0.5, 0.6) is 0 Å². The van der Waals surface area contributed by atoms with E-state index in [-0.39, 0.29) is 11.8 Å². The van der Waals surface area contributed by atoms with Crippen molar-refractivity contribution in [1.82, 2.24) is 10.2 Å². The molecule has 2 aromatic rings. The number of rotatable bonds is 2. The molecule has 0 saturated carbocycles. The minimum atomic E-state index is -0.651. The van der Waals surface area contributed by atoms with Crippen LogP contribution in [0, 0.1) is 6.92 Å². The molecule has 0 aromatic heterocycles. The summed E-state index contributed by atoms with van der Waals surface area (Å²) in [4.78, 5) is 27.0. The molecule has 0 bridgehead atoms. The smallest absolute Gasteiger partial charge is 0.254 e. The summed E-state index contributed by atoms with van der Waals surface area (Å²) in [6.45, 7) is 2.79. The van der Waals surface area contributed by atoms with Gasteiger partial charge < -0.3 is 10.2 Å². The molecule has 3 rings (SSSR count). The minimum Gasteiger partial charge on any atom is -0.352 e. The second-order valence-electron chi connectivity index (χ2n) is 5.68. The van der Waals surface area contributed by atoms with Crippen LogP contribution in [0.15, 0.2) is 42.5 Å². The number of nitrogens with zero attached hydrogens (tertiary/aromatic N) is 1. The number of amides is 2. The van der Waals surface area contributed by atoms with Crippen molar-refractivity contribution in [2.75, 3.05) is 13.1 Å². The number of halogens is 2. The fraction of sp³-hybridized carbons (Fsp3) is 0.222. The lowest BCUT2D eigenvalue weighted by Crippen LogP contribution is -2.52. The van der Waals surface area contributed by atoms with Gasteiger partial charge in [-0.2, -0.15) is 0 Å². The Labute approximate surface area is 150 Å². The van der Waals surface area contributed by atoms with E-state index in [1.54, 1.807) is 17.0 Å². The zero-order chi connectivity index (χ0) is 17.3. The van der Waals surface area contributed by atoms with E-state index < -0.39 is 6.04 Å². The molecule has 1 aliphatic rings. The highest BCUT2D eigenvalue weighted by atomic mass is 35.5. The van der Waals surface area contributed by atoms with Gasteiger partial charge in [0.15, 0.2) is 0 Å². The van der Waals surface area contributed by atoms with Crippen LogP contribution < -0.4 is 5.32 Å². The standard InChI is InChI=1S/C18H16Cl2N2O2/c1-11-4-2-3-5-13(11)16-17(23)21-8-9-22(16)18(24)12-6-7-14(19)15(20)10-12/h2-7,10,16H,8-9H2,1H3,(H,21,23).